The molecule has 0 saturated heterocycles. The third kappa shape index (κ3) is 43.0. The maximum absolute atomic E-state index is 2.33. The lowest BCUT2D eigenvalue weighted by molar-refractivity contribution is 0.190. The van der Waals surface area contributed by atoms with Crippen LogP contribution in [0, 0.1) is 10.8 Å². The predicted molar refractivity (Wildman–Crippen MR) is 168 cm³/mol. The van der Waals surface area contributed by atoms with Gasteiger partial charge in [0.25, 0.3) is 0 Å². The van der Waals surface area contributed by atoms with Crippen LogP contribution >= 0.6 is 0 Å². The van der Waals surface area contributed by atoms with Gasteiger partial charge in [-0.15, -0.1) is 0 Å². The molecule has 2 aromatic rings. The first-order valence-electron chi connectivity index (χ1n) is 14.2. The second-order valence-corrected chi connectivity index (χ2v) is 12.2. The second kappa shape index (κ2) is 25.5. The van der Waals surface area contributed by atoms with Crippen molar-refractivity contribution in [1.82, 2.24) is 0 Å². The molecule has 0 aliphatic heterocycles. The highest BCUT2D eigenvalue weighted by Crippen LogP contribution is 2.38. The Morgan fingerprint density at radius 3 is 0.886 bits per heavy atom. The lowest BCUT2D eigenvalue weighted by atomic mass is 9.72. The zero-order chi connectivity index (χ0) is 28.4. The van der Waals surface area contributed by atoms with Crippen LogP contribution in [-0.2, 0) is 5.41 Å². The van der Waals surface area contributed by atoms with Crippen LogP contribution in [0.15, 0.2) is 66.7 Å². The van der Waals surface area contributed by atoms with E-state index in [-0.39, 0.29) is 0 Å². The highest BCUT2D eigenvalue weighted by molar-refractivity contribution is 5.22. The fourth-order valence-electron chi connectivity index (χ4n) is 2.21. The molecule has 0 amide bonds. The first kappa shape index (κ1) is 40.6. The third-order valence-corrected chi connectivity index (χ3v) is 4.01. The maximum atomic E-state index is 2.33. The highest BCUT2D eigenvalue weighted by atomic mass is 14.3. The number of benzene rings is 2. The van der Waals surface area contributed by atoms with Gasteiger partial charge in [0.2, 0.25) is 0 Å². The average Bonchev–Trinajstić information content (AvgIpc) is 2.76. The Labute approximate surface area is 224 Å². The molecule has 0 nitrogen and oxygen atoms in total. The topological polar surface area (TPSA) is 0 Å². The molecular weight excluding hydrogens is 420 g/mol. The van der Waals surface area contributed by atoms with E-state index in [1.54, 1.807) is 0 Å². The largest absolute Gasteiger partial charge is 0.0683 e. The summed E-state index contributed by atoms with van der Waals surface area (Å²) in [5, 5.41) is 0. The van der Waals surface area contributed by atoms with Crippen LogP contribution in [0.1, 0.15) is 142 Å². The van der Waals surface area contributed by atoms with Gasteiger partial charge >= 0.3 is 0 Å². The molecule has 35 heavy (non-hydrogen) atoms. The molecule has 0 atom stereocenters. The summed E-state index contributed by atoms with van der Waals surface area (Å²) in [7, 11) is 0. The minimum atomic E-state index is 0.293. The van der Waals surface area contributed by atoms with Gasteiger partial charge < -0.3 is 0 Å². The van der Waals surface area contributed by atoms with Crippen molar-refractivity contribution < 1.29 is 0 Å². The van der Waals surface area contributed by atoms with E-state index < -0.39 is 0 Å². The van der Waals surface area contributed by atoms with Gasteiger partial charge in [-0.1, -0.05) is 190 Å². The average molecular weight is 487 g/mol. The van der Waals surface area contributed by atoms with Gasteiger partial charge in [0.15, 0.2) is 0 Å². The van der Waals surface area contributed by atoms with Gasteiger partial charge in [0.05, 0.1) is 0 Å². The summed E-state index contributed by atoms with van der Waals surface area (Å²) in [6.07, 6.45) is 6.87. The van der Waals surface area contributed by atoms with Crippen molar-refractivity contribution in [2.75, 3.05) is 0 Å². The Morgan fingerprint density at radius 1 is 0.571 bits per heavy atom. The van der Waals surface area contributed by atoms with Crippen LogP contribution in [0.2, 0.25) is 0 Å². The molecule has 0 heterocycles. The highest BCUT2D eigenvalue weighted by Gasteiger charge is 2.25. The van der Waals surface area contributed by atoms with Crippen LogP contribution in [0.25, 0.3) is 0 Å². The Morgan fingerprint density at radius 2 is 0.771 bits per heavy atom. The number of hydrogen-bond acceptors (Lipinski definition) is 0. The fourth-order valence-corrected chi connectivity index (χ4v) is 2.21. The normalized spacial score (nSPS) is 12.5. The van der Waals surface area contributed by atoms with E-state index >= 15 is 0 Å². The van der Waals surface area contributed by atoms with E-state index in [9.17, 15) is 0 Å². The molecule has 206 valence electrons. The summed E-state index contributed by atoms with van der Waals surface area (Å²) in [5.41, 5.74) is 2.91. The third-order valence-electron chi connectivity index (χ3n) is 4.01. The van der Waals surface area contributed by atoms with Gasteiger partial charge in [-0.3, -0.25) is 0 Å². The Balaban J connectivity index is -0.000000171. The Hall–Kier alpha value is -1.56. The molecule has 0 aromatic heterocycles. The summed E-state index contributed by atoms with van der Waals surface area (Å²) < 4.78 is 0. The molecule has 0 N–H and O–H groups in total. The van der Waals surface area contributed by atoms with Gasteiger partial charge in [-0.05, 0) is 34.7 Å². The number of hydrogen-bond donors (Lipinski definition) is 0. The maximum Gasteiger partial charge on any atom is -0.0132 e. The van der Waals surface area contributed by atoms with Crippen LogP contribution < -0.4 is 0 Å². The molecule has 0 unspecified atom stereocenters. The number of rotatable bonds is 0. The van der Waals surface area contributed by atoms with Crippen LogP contribution in [0.3, 0.4) is 0 Å². The lowest BCUT2D eigenvalue weighted by Crippen LogP contribution is -2.20. The summed E-state index contributed by atoms with van der Waals surface area (Å²) >= 11 is 0. The SMILES string of the molecule is CC.CC(C)(C)C.CC(C)(C)c1ccccc1.CC1(C)CCC1.CCC.CCC.c1ccccc1. The van der Waals surface area contributed by atoms with E-state index in [2.05, 4.69) is 120 Å². The molecule has 1 aliphatic rings. The van der Waals surface area contributed by atoms with Crippen molar-refractivity contribution in [3.05, 3.63) is 72.3 Å². The van der Waals surface area contributed by atoms with Crippen molar-refractivity contribution in [2.45, 2.75) is 141 Å². The van der Waals surface area contributed by atoms with E-state index in [1.165, 1.54) is 37.7 Å². The Kier molecular flexibility index (Phi) is 29.6. The van der Waals surface area contributed by atoms with Gasteiger partial charge in [-0.2, -0.15) is 0 Å². The summed E-state index contributed by atoms with van der Waals surface area (Å²) in [6, 6.07) is 22.6. The zero-order valence-electron chi connectivity index (χ0n) is 26.9. The van der Waals surface area contributed by atoms with Crippen LogP contribution in [0.4, 0.5) is 0 Å². The van der Waals surface area contributed by atoms with E-state index in [0.717, 1.165) is 5.41 Å². The molecule has 2 aromatic carbocycles. The van der Waals surface area contributed by atoms with Gasteiger partial charge in [-0.25, -0.2) is 0 Å². The minimum absolute atomic E-state index is 0.293. The molecular formula is C35H66. The van der Waals surface area contributed by atoms with Gasteiger partial charge in [0, 0.05) is 0 Å². The first-order valence-corrected chi connectivity index (χ1v) is 14.2. The predicted octanol–water partition coefficient (Wildman–Crippen LogP) is 12.8. The van der Waals surface area contributed by atoms with Crippen LogP contribution in [-0.4, -0.2) is 0 Å². The minimum Gasteiger partial charge on any atom is -0.0683 e. The summed E-state index contributed by atoms with van der Waals surface area (Å²) in [4.78, 5) is 0. The smallest absolute Gasteiger partial charge is 0.0132 e. The Bertz CT molecular complexity index is 553. The quantitative estimate of drug-likeness (QED) is 0.347. The van der Waals surface area contributed by atoms with E-state index in [0.29, 0.717) is 10.8 Å². The summed E-state index contributed by atoms with van der Waals surface area (Å²) in [5.74, 6) is 0. The van der Waals surface area contributed by atoms with Crippen molar-refractivity contribution in [3.63, 3.8) is 0 Å². The molecule has 1 saturated carbocycles. The van der Waals surface area contributed by atoms with E-state index in [4.69, 9.17) is 0 Å². The zero-order valence-corrected chi connectivity index (χ0v) is 26.9. The molecule has 1 aliphatic carbocycles. The van der Waals surface area contributed by atoms with Crippen molar-refractivity contribution in [3.8, 4) is 0 Å². The lowest BCUT2D eigenvalue weighted by Gasteiger charge is -2.33. The molecule has 0 heteroatoms. The molecule has 0 radical (unpaired) electrons. The van der Waals surface area contributed by atoms with Gasteiger partial charge in [0.1, 0.15) is 0 Å². The van der Waals surface area contributed by atoms with Crippen molar-refractivity contribution in [2.24, 2.45) is 10.8 Å². The monoisotopic (exact) mass is 487 g/mol. The summed E-state index contributed by atoms with van der Waals surface area (Å²) in [6.45, 7) is 32.6. The fraction of sp³-hybridized carbons (Fsp3) is 0.657. The van der Waals surface area contributed by atoms with E-state index in [1.807, 2.05) is 50.2 Å². The van der Waals surface area contributed by atoms with Crippen LogP contribution in [0.5, 0.6) is 0 Å². The van der Waals surface area contributed by atoms with Crippen molar-refractivity contribution >= 4 is 0 Å². The molecule has 3 rings (SSSR count). The van der Waals surface area contributed by atoms with Crippen molar-refractivity contribution in [1.29, 1.82) is 0 Å². The first-order chi connectivity index (χ1) is 16.1. The molecule has 0 bridgehead atoms. The molecule has 1 fully saturated rings. The molecule has 0 spiro atoms. The second-order valence-electron chi connectivity index (χ2n) is 12.2. The standard InChI is InChI=1S/C10H14.C6H12.C6H6.C5H12.2C3H8.C2H6/c1-10(2,3)9-7-5-4-6-8-9;1-6(2)4-3-5-6;1-2-4-6-5-3-1;1-5(2,3)4;2*1-3-2;1-2/h4-8H,1-3H3;3-5H2,1-2H3;1-6H;1-4H3;2*3H2,1-2H3;1-2H3.